The fourth-order valence-corrected chi connectivity index (χ4v) is 1.61. The Kier molecular flexibility index (Phi) is 15.9. The summed E-state index contributed by atoms with van der Waals surface area (Å²) >= 11 is 0. The van der Waals surface area contributed by atoms with Crippen LogP contribution in [0.25, 0.3) is 0 Å². The third kappa shape index (κ3) is 18.5. The van der Waals surface area contributed by atoms with Crippen LogP contribution in [-0.2, 0) is 4.74 Å². The van der Waals surface area contributed by atoms with Gasteiger partial charge >= 0.3 is 0 Å². The highest BCUT2D eigenvalue weighted by Crippen LogP contribution is 2.18. The first-order valence-corrected chi connectivity index (χ1v) is 7.59. The molecule has 0 aromatic heterocycles. The molecule has 0 atom stereocenters. The van der Waals surface area contributed by atoms with Crippen molar-refractivity contribution >= 4 is 0 Å². The van der Waals surface area contributed by atoms with Crippen LogP contribution in [0.4, 0.5) is 0 Å². The molecular formula is C16H36O. The van der Waals surface area contributed by atoms with Gasteiger partial charge in [0.25, 0.3) is 0 Å². The SMILES string of the molecule is CCC.CCCCCCCCCC(C)(C)OC. The van der Waals surface area contributed by atoms with E-state index in [-0.39, 0.29) is 5.60 Å². The van der Waals surface area contributed by atoms with Crippen molar-refractivity contribution in [3.63, 3.8) is 0 Å². The maximum absolute atomic E-state index is 5.38. The monoisotopic (exact) mass is 244 g/mol. The molecule has 0 spiro atoms. The van der Waals surface area contributed by atoms with E-state index in [9.17, 15) is 0 Å². The lowest BCUT2D eigenvalue weighted by atomic mass is 9.99. The van der Waals surface area contributed by atoms with Gasteiger partial charge in [0.2, 0.25) is 0 Å². The van der Waals surface area contributed by atoms with E-state index < -0.39 is 0 Å². The third-order valence-corrected chi connectivity index (χ3v) is 2.93. The summed E-state index contributed by atoms with van der Waals surface area (Å²) in [6.07, 6.45) is 12.1. The zero-order chi connectivity index (χ0) is 13.6. The van der Waals surface area contributed by atoms with Crippen LogP contribution in [0.2, 0.25) is 0 Å². The van der Waals surface area contributed by atoms with Crippen LogP contribution in [0.15, 0.2) is 0 Å². The van der Waals surface area contributed by atoms with E-state index in [1.807, 2.05) is 0 Å². The number of unbranched alkanes of at least 4 members (excludes halogenated alkanes) is 6. The molecule has 17 heavy (non-hydrogen) atoms. The van der Waals surface area contributed by atoms with Crippen LogP contribution in [0.3, 0.4) is 0 Å². The lowest BCUT2D eigenvalue weighted by Gasteiger charge is -2.22. The molecule has 0 saturated carbocycles. The second kappa shape index (κ2) is 14.0. The quantitative estimate of drug-likeness (QED) is 0.454. The second-order valence-electron chi connectivity index (χ2n) is 5.54. The second-order valence-corrected chi connectivity index (χ2v) is 5.54. The Morgan fingerprint density at radius 2 is 1.18 bits per heavy atom. The van der Waals surface area contributed by atoms with E-state index in [0.29, 0.717) is 0 Å². The van der Waals surface area contributed by atoms with Gasteiger partial charge in [0, 0.05) is 7.11 Å². The first-order chi connectivity index (χ1) is 8.04. The molecule has 0 radical (unpaired) electrons. The predicted octanol–water partition coefficient (Wildman–Crippen LogP) is 5.97. The third-order valence-electron chi connectivity index (χ3n) is 2.93. The largest absolute Gasteiger partial charge is 0.379 e. The summed E-state index contributed by atoms with van der Waals surface area (Å²) in [6, 6.07) is 0. The van der Waals surface area contributed by atoms with Gasteiger partial charge in [0.1, 0.15) is 0 Å². The fraction of sp³-hybridized carbons (Fsp3) is 1.00. The van der Waals surface area contributed by atoms with Crippen molar-refractivity contribution in [2.45, 2.75) is 98.0 Å². The van der Waals surface area contributed by atoms with E-state index in [2.05, 4.69) is 34.6 Å². The summed E-state index contributed by atoms with van der Waals surface area (Å²) < 4.78 is 5.38. The summed E-state index contributed by atoms with van der Waals surface area (Å²) in [5.41, 5.74) is 0.0867. The molecule has 0 fully saturated rings. The molecule has 0 bridgehead atoms. The molecule has 0 amide bonds. The molecule has 0 rings (SSSR count). The highest BCUT2D eigenvalue weighted by Gasteiger charge is 2.14. The Morgan fingerprint density at radius 1 is 0.765 bits per heavy atom. The molecule has 0 unspecified atom stereocenters. The smallest absolute Gasteiger partial charge is 0.0622 e. The summed E-state index contributed by atoms with van der Waals surface area (Å²) in [5.74, 6) is 0. The first kappa shape index (κ1) is 19.3. The molecule has 0 aliphatic carbocycles. The molecule has 0 heterocycles. The van der Waals surface area contributed by atoms with Crippen molar-refractivity contribution in [1.29, 1.82) is 0 Å². The molecule has 0 saturated heterocycles. The number of ether oxygens (including phenoxy) is 1. The Labute approximate surface area is 110 Å². The standard InChI is InChI=1S/C13H28O.C3H8/c1-5-6-7-8-9-10-11-12-13(2,3)14-4;1-3-2/h5-12H2,1-4H3;3H2,1-2H3. The Balaban J connectivity index is 0. The van der Waals surface area contributed by atoms with Crippen LogP contribution >= 0.6 is 0 Å². The average molecular weight is 244 g/mol. The van der Waals surface area contributed by atoms with Gasteiger partial charge in [-0.15, -0.1) is 0 Å². The molecular weight excluding hydrogens is 208 g/mol. The van der Waals surface area contributed by atoms with Crippen LogP contribution in [0.1, 0.15) is 92.4 Å². The Hall–Kier alpha value is -0.0400. The zero-order valence-corrected chi connectivity index (χ0v) is 13.3. The molecule has 0 aliphatic rings. The lowest BCUT2D eigenvalue weighted by Crippen LogP contribution is -2.21. The number of methoxy groups -OCH3 is 1. The van der Waals surface area contributed by atoms with E-state index >= 15 is 0 Å². The molecule has 0 aromatic carbocycles. The molecule has 106 valence electrons. The molecule has 0 aliphatic heterocycles. The average Bonchev–Trinajstić information content (AvgIpc) is 2.29. The van der Waals surface area contributed by atoms with E-state index in [1.165, 1.54) is 57.8 Å². The maximum atomic E-state index is 5.38. The van der Waals surface area contributed by atoms with Crippen LogP contribution in [0.5, 0.6) is 0 Å². The highest BCUT2D eigenvalue weighted by molar-refractivity contribution is 4.67. The minimum Gasteiger partial charge on any atom is -0.379 e. The minimum atomic E-state index is 0.0867. The van der Waals surface area contributed by atoms with Gasteiger partial charge in [-0.2, -0.15) is 0 Å². The topological polar surface area (TPSA) is 9.23 Å². The highest BCUT2D eigenvalue weighted by atomic mass is 16.5. The number of hydrogen-bond donors (Lipinski definition) is 0. The summed E-state index contributed by atoms with van der Waals surface area (Å²) in [5, 5.41) is 0. The normalized spacial score (nSPS) is 10.9. The van der Waals surface area contributed by atoms with Gasteiger partial charge < -0.3 is 4.74 Å². The summed E-state index contributed by atoms with van der Waals surface area (Å²) in [7, 11) is 1.81. The van der Waals surface area contributed by atoms with Crippen molar-refractivity contribution in [1.82, 2.24) is 0 Å². The van der Waals surface area contributed by atoms with Gasteiger partial charge in [-0.25, -0.2) is 0 Å². The molecule has 1 heteroatoms. The fourth-order valence-electron chi connectivity index (χ4n) is 1.61. The minimum absolute atomic E-state index is 0.0867. The Morgan fingerprint density at radius 3 is 1.59 bits per heavy atom. The van der Waals surface area contributed by atoms with Crippen LogP contribution in [0, 0.1) is 0 Å². The zero-order valence-electron chi connectivity index (χ0n) is 13.3. The van der Waals surface area contributed by atoms with Crippen molar-refractivity contribution in [2.24, 2.45) is 0 Å². The lowest BCUT2D eigenvalue weighted by molar-refractivity contribution is 0.0134. The van der Waals surface area contributed by atoms with Gasteiger partial charge in [-0.1, -0.05) is 72.1 Å². The van der Waals surface area contributed by atoms with Crippen molar-refractivity contribution in [2.75, 3.05) is 7.11 Å². The number of rotatable bonds is 9. The Bertz CT molecular complexity index is 129. The number of hydrogen-bond acceptors (Lipinski definition) is 1. The van der Waals surface area contributed by atoms with Gasteiger partial charge in [0.15, 0.2) is 0 Å². The van der Waals surface area contributed by atoms with Crippen molar-refractivity contribution in [3.05, 3.63) is 0 Å². The van der Waals surface area contributed by atoms with Crippen molar-refractivity contribution < 1.29 is 4.74 Å². The molecule has 0 N–H and O–H groups in total. The first-order valence-electron chi connectivity index (χ1n) is 7.59. The van der Waals surface area contributed by atoms with Crippen molar-refractivity contribution in [3.8, 4) is 0 Å². The van der Waals surface area contributed by atoms with Gasteiger partial charge in [0.05, 0.1) is 5.60 Å². The summed E-state index contributed by atoms with van der Waals surface area (Å²) in [6.45, 7) is 10.9. The van der Waals surface area contributed by atoms with E-state index in [1.54, 1.807) is 7.11 Å². The van der Waals surface area contributed by atoms with Crippen LogP contribution in [-0.4, -0.2) is 12.7 Å². The van der Waals surface area contributed by atoms with E-state index in [4.69, 9.17) is 4.74 Å². The van der Waals surface area contributed by atoms with Crippen LogP contribution < -0.4 is 0 Å². The maximum Gasteiger partial charge on any atom is 0.0622 e. The van der Waals surface area contributed by atoms with Gasteiger partial charge in [-0.3, -0.25) is 0 Å². The summed E-state index contributed by atoms with van der Waals surface area (Å²) in [4.78, 5) is 0. The van der Waals surface area contributed by atoms with E-state index in [0.717, 1.165) is 0 Å². The molecule has 1 nitrogen and oxygen atoms in total. The molecule has 0 aromatic rings. The predicted molar refractivity (Wildman–Crippen MR) is 79.7 cm³/mol. The van der Waals surface area contributed by atoms with Gasteiger partial charge in [-0.05, 0) is 20.3 Å².